The van der Waals surface area contributed by atoms with Crippen molar-refractivity contribution >= 4 is 17.3 Å². The van der Waals surface area contributed by atoms with Gasteiger partial charge in [-0.3, -0.25) is 4.79 Å². The van der Waals surface area contributed by atoms with Gasteiger partial charge in [0.05, 0.1) is 23.4 Å². The number of aromatic nitrogens is 2. The summed E-state index contributed by atoms with van der Waals surface area (Å²) in [6.07, 6.45) is 6.16. The van der Waals surface area contributed by atoms with Gasteiger partial charge in [-0.1, -0.05) is 12.1 Å². The number of hydrogen-bond donors (Lipinski definition) is 2. The molecule has 2 aromatic rings. The van der Waals surface area contributed by atoms with E-state index in [1.165, 1.54) is 18.5 Å². The first kappa shape index (κ1) is 12.7. The van der Waals surface area contributed by atoms with Crippen LogP contribution in [0.5, 0.6) is 0 Å². The van der Waals surface area contributed by atoms with Crippen molar-refractivity contribution in [2.45, 2.75) is 32.2 Å². The summed E-state index contributed by atoms with van der Waals surface area (Å²) >= 11 is 0. The van der Waals surface area contributed by atoms with Gasteiger partial charge in [0, 0.05) is 5.69 Å². The number of hydrogen-bond acceptors (Lipinski definition) is 3. The summed E-state index contributed by atoms with van der Waals surface area (Å²) in [5, 5.41) is 2.84. The van der Waals surface area contributed by atoms with E-state index in [1.54, 1.807) is 18.5 Å². The van der Waals surface area contributed by atoms with E-state index in [0.29, 0.717) is 11.4 Å². The van der Waals surface area contributed by atoms with Gasteiger partial charge in [-0.25, -0.2) is 4.98 Å². The van der Waals surface area contributed by atoms with Gasteiger partial charge in [0.2, 0.25) is 5.91 Å². The predicted octanol–water partition coefficient (Wildman–Crippen LogP) is 1.98. The Kier molecular flexibility index (Phi) is 3.41. The monoisotopic (exact) mass is 270 g/mol. The van der Waals surface area contributed by atoms with E-state index in [1.807, 2.05) is 16.7 Å². The first-order chi connectivity index (χ1) is 9.74. The molecule has 20 heavy (non-hydrogen) atoms. The zero-order valence-electron chi connectivity index (χ0n) is 11.3. The van der Waals surface area contributed by atoms with Crippen LogP contribution in [0.2, 0.25) is 0 Å². The minimum absolute atomic E-state index is 0.0753. The molecule has 0 saturated heterocycles. The molecule has 0 bridgehead atoms. The van der Waals surface area contributed by atoms with Gasteiger partial charge in [0.1, 0.15) is 6.54 Å². The molecule has 0 unspecified atom stereocenters. The Bertz CT molecular complexity index is 633. The minimum atomic E-state index is -0.0753. The van der Waals surface area contributed by atoms with Gasteiger partial charge < -0.3 is 15.6 Å². The number of nitrogens with zero attached hydrogens (tertiary/aromatic N) is 2. The molecule has 3 N–H and O–H groups in total. The lowest BCUT2D eigenvalue weighted by molar-refractivity contribution is -0.116. The Morgan fingerprint density at radius 1 is 1.30 bits per heavy atom. The van der Waals surface area contributed by atoms with Crippen molar-refractivity contribution in [1.29, 1.82) is 0 Å². The fraction of sp³-hybridized carbons (Fsp3) is 0.333. The van der Waals surface area contributed by atoms with Crippen LogP contribution in [-0.2, 0) is 24.2 Å². The number of carbonyl (C=O) groups excluding carboxylic acids is 1. The van der Waals surface area contributed by atoms with Crippen LogP contribution >= 0.6 is 0 Å². The van der Waals surface area contributed by atoms with E-state index in [-0.39, 0.29) is 12.5 Å². The van der Waals surface area contributed by atoms with Crippen LogP contribution in [-0.4, -0.2) is 15.5 Å². The third kappa shape index (κ3) is 2.52. The second-order valence-electron chi connectivity index (χ2n) is 5.11. The molecule has 5 heteroatoms. The first-order valence-electron chi connectivity index (χ1n) is 6.91. The number of anilines is 2. The molecular weight excluding hydrogens is 252 g/mol. The molecule has 1 heterocycles. The highest BCUT2D eigenvalue weighted by atomic mass is 16.1. The largest absolute Gasteiger partial charge is 0.397 e. The lowest BCUT2D eigenvalue weighted by Gasteiger charge is -2.14. The molecule has 0 saturated carbocycles. The number of carbonyl (C=O) groups is 1. The SMILES string of the molecule is Nc1ccccc1NC(=O)Cn1cnc2c1CCCC2. The first-order valence-corrected chi connectivity index (χ1v) is 6.91. The maximum absolute atomic E-state index is 12.1. The Hall–Kier alpha value is -2.30. The van der Waals surface area contributed by atoms with E-state index in [2.05, 4.69) is 10.3 Å². The number of aryl methyl sites for hydroxylation is 1. The molecule has 0 spiro atoms. The van der Waals surface area contributed by atoms with Crippen LogP contribution in [0, 0.1) is 0 Å². The molecule has 0 radical (unpaired) electrons. The average molecular weight is 270 g/mol. The summed E-state index contributed by atoms with van der Waals surface area (Å²) in [6.45, 7) is 0.288. The van der Waals surface area contributed by atoms with Gasteiger partial charge in [0.15, 0.2) is 0 Å². The van der Waals surface area contributed by atoms with E-state index >= 15 is 0 Å². The van der Waals surface area contributed by atoms with Crippen molar-refractivity contribution in [3.8, 4) is 0 Å². The zero-order chi connectivity index (χ0) is 13.9. The lowest BCUT2D eigenvalue weighted by Crippen LogP contribution is -2.21. The lowest BCUT2D eigenvalue weighted by atomic mass is 10.0. The summed E-state index contributed by atoms with van der Waals surface area (Å²) in [7, 11) is 0. The third-order valence-corrected chi connectivity index (χ3v) is 3.66. The maximum atomic E-state index is 12.1. The Morgan fingerprint density at radius 2 is 2.10 bits per heavy atom. The zero-order valence-corrected chi connectivity index (χ0v) is 11.3. The highest BCUT2D eigenvalue weighted by molar-refractivity contribution is 5.93. The van der Waals surface area contributed by atoms with Gasteiger partial charge >= 0.3 is 0 Å². The number of nitrogen functional groups attached to an aromatic ring is 1. The summed E-state index contributed by atoms with van der Waals surface area (Å²) in [5.74, 6) is -0.0753. The summed E-state index contributed by atoms with van der Waals surface area (Å²) in [5.41, 5.74) is 9.40. The van der Waals surface area contributed by atoms with Crippen molar-refractivity contribution < 1.29 is 4.79 Å². The normalized spacial score (nSPS) is 13.8. The van der Waals surface area contributed by atoms with Crippen LogP contribution < -0.4 is 11.1 Å². The van der Waals surface area contributed by atoms with Crippen molar-refractivity contribution in [3.63, 3.8) is 0 Å². The van der Waals surface area contributed by atoms with Crippen molar-refractivity contribution in [3.05, 3.63) is 42.0 Å². The number of nitrogens with two attached hydrogens (primary N) is 1. The predicted molar refractivity (Wildman–Crippen MR) is 78.4 cm³/mol. The van der Waals surface area contributed by atoms with E-state index in [0.717, 1.165) is 18.5 Å². The molecule has 104 valence electrons. The highest BCUT2D eigenvalue weighted by Crippen LogP contribution is 2.20. The topological polar surface area (TPSA) is 72.9 Å². The van der Waals surface area contributed by atoms with Crippen molar-refractivity contribution in [1.82, 2.24) is 9.55 Å². The molecule has 1 aliphatic carbocycles. The quantitative estimate of drug-likeness (QED) is 0.838. The number of amides is 1. The van der Waals surface area contributed by atoms with Crippen LogP contribution in [0.3, 0.4) is 0 Å². The van der Waals surface area contributed by atoms with Gasteiger partial charge in [-0.15, -0.1) is 0 Å². The molecule has 3 rings (SSSR count). The maximum Gasteiger partial charge on any atom is 0.244 e. The molecule has 1 aliphatic rings. The standard InChI is InChI=1S/C15H18N4O/c16-11-5-1-2-6-12(11)18-15(20)9-19-10-17-13-7-3-4-8-14(13)19/h1-2,5-6,10H,3-4,7-9,16H2,(H,18,20). The third-order valence-electron chi connectivity index (χ3n) is 3.66. The Labute approximate surface area is 117 Å². The Morgan fingerprint density at radius 3 is 2.95 bits per heavy atom. The van der Waals surface area contributed by atoms with Crippen molar-refractivity contribution in [2.24, 2.45) is 0 Å². The molecule has 0 aliphatic heterocycles. The molecular formula is C15H18N4O. The number of fused-ring (bicyclic) bond motifs is 1. The second-order valence-corrected chi connectivity index (χ2v) is 5.11. The fourth-order valence-corrected chi connectivity index (χ4v) is 2.62. The highest BCUT2D eigenvalue weighted by Gasteiger charge is 2.16. The summed E-state index contributed by atoms with van der Waals surface area (Å²) in [4.78, 5) is 16.5. The van der Waals surface area contributed by atoms with Crippen LogP contribution in [0.1, 0.15) is 24.2 Å². The van der Waals surface area contributed by atoms with Gasteiger partial charge in [0.25, 0.3) is 0 Å². The summed E-state index contributed by atoms with van der Waals surface area (Å²) in [6, 6.07) is 7.27. The van der Waals surface area contributed by atoms with E-state index in [4.69, 9.17) is 5.73 Å². The molecule has 0 fully saturated rings. The van der Waals surface area contributed by atoms with Crippen LogP contribution in [0.25, 0.3) is 0 Å². The average Bonchev–Trinajstić information content (AvgIpc) is 2.85. The number of para-hydroxylation sites is 2. The molecule has 1 aromatic heterocycles. The van der Waals surface area contributed by atoms with Gasteiger partial charge in [-0.2, -0.15) is 0 Å². The van der Waals surface area contributed by atoms with E-state index < -0.39 is 0 Å². The van der Waals surface area contributed by atoms with Crippen LogP contribution in [0.15, 0.2) is 30.6 Å². The Balaban J connectivity index is 1.70. The smallest absolute Gasteiger partial charge is 0.244 e. The number of imidazole rings is 1. The minimum Gasteiger partial charge on any atom is -0.397 e. The number of nitrogens with one attached hydrogen (secondary N) is 1. The molecule has 0 atom stereocenters. The van der Waals surface area contributed by atoms with Crippen molar-refractivity contribution in [2.75, 3.05) is 11.1 Å². The summed E-state index contributed by atoms with van der Waals surface area (Å²) < 4.78 is 1.95. The van der Waals surface area contributed by atoms with Gasteiger partial charge in [-0.05, 0) is 37.8 Å². The molecule has 1 aromatic carbocycles. The molecule has 1 amide bonds. The fourth-order valence-electron chi connectivity index (χ4n) is 2.62. The second kappa shape index (κ2) is 5.36. The number of rotatable bonds is 3. The van der Waals surface area contributed by atoms with E-state index in [9.17, 15) is 4.79 Å². The molecule has 5 nitrogen and oxygen atoms in total. The van der Waals surface area contributed by atoms with Crippen LogP contribution in [0.4, 0.5) is 11.4 Å². The number of benzene rings is 1.